The zero-order valence-electron chi connectivity index (χ0n) is 14.9. The maximum Gasteiger partial charge on any atom is 0.338 e. The van der Waals surface area contributed by atoms with Gasteiger partial charge in [-0.25, -0.2) is 4.79 Å². The van der Waals surface area contributed by atoms with E-state index in [0.717, 1.165) is 5.56 Å². The molecule has 0 radical (unpaired) electrons. The van der Waals surface area contributed by atoms with Crippen molar-refractivity contribution in [1.29, 1.82) is 0 Å². The first kappa shape index (κ1) is 19.5. The Morgan fingerprint density at radius 2 is 1.64 bits per heavy atom. The summed E-state index contributed by atoms with van der Waals surface area (Å²) in [5, 5.41) is 3.19. The van der Waals surface area contributed by atoms with Crippen molar-refractivity contribution < 1.29 is 19.1 Å². The number of halogens is 1. The molecule has 0 atom stereocenters. The topological polar surface area (TPSA) is 64.6 Å². The van der Waals surface area contributed by atoms with Gasteiger partial charge in [0.25, 0.3) is 5.91 Å². The molecule has 0 fully saturated rings. The number of esters is 1. The minimum Gasteiger partial charge on any atom is -0.489 e. The van der Waals surface area contributed by atoms with Crippen molar-refractivity contribution in [3.63, 3.8) is 0 Å². The lowest BCUT2D eigenvalue weighted by molar-refractivity contribution is -0.119. The van der Waals surface area contributed by atoms with E-state index in [4.69, 9.17) is 21.1 Å². The third-order valence-electron chi connectivity index (χ3n) is 3.78. The van der Waals surface area contributed by atoms with E-state index in [-0.39, 0.29) is 0 Å². The molecule has 3 aromatic rings. The molecule has 0 aromatic heterocycles. The molecule has 28 heavy (non-hydrogen) atoms. The van der Waals surface area contributed by atoms with Crippen LogP contribution < -0.4 is 10.1 Å². The van der Waals surface area contributed by atoms with E-state index < -0.39 is 18.5 Å². The molecule has 0 aliphatic rings. The number of carbonyl (C=O) groups excluding carboxylic acids is 2. The summed E-state index contributed by atoms with van der Waals surface area (Å²) in [6.45, 7) is -0.000596. The molecule has 1 amide bonds. The fourth-order valence-electron chi connectivity index (χ4n) is 2.40. The molecule has 0 spiro atoms. The van der Waals surface area contributed by atoms with E-state index in [1.54, 1.807) is 48.5 Å². The lowest BCUT2D eigenvalue weighted by atomic mass is 10.2. The smallest absolute Gasteiger partial charge is 0.338 e. The number of benzene rings is 3. The number of hydrogen-bond acceptors (Lipinski definition) is 4. The Labute approximate surface area is 167 Å². The average molecular weight is 396 g/mol. The fraction of sp³-hybridized carbons (Fsp3) is 0.0909. The van der Waals surface area contributed by atoms with Gasteiger partial charge in [-0.15, -0.1) is 0 Å². The fourth-order valence-corrected chi connectivity index (χ4v) is 2.52. The summed E-state index contributed by atoms with van der Waals surface area (Å²) < 4.78 is 10.8. The Balaban J connectivity index is 1.51. The largest absolute Gasteiger partial charge is 0.489 e. The van der Waals surface area contributed by atoms with Crippen LogP contribution in [0.4, 0.5) is 5.69 Å². The zero-order valence-corrected chi connectivity index (χ0v) is 15.7. The Kier molecular flexibility index (Phi) is 6.65. The summed E-state index contributed by atoms with van der Waals surface area (Å²) in [6.07, 6.45) is 0. The first-order chi connectivity index (χ1) is 13.6. The maximum absolute atomic E-state index is 12.2. The van der Waals surface area contributed by atoms with Crippen LogP contribution in [0.2, 0.25) is 5.02 Å². The average Bonchev–Trinajstić information content (AvgIpc) is 2.73. The van der Waals surface area contributed by atoms with Crippen molar-refractivity contribution >= 4 is 29.2 Å². The molecule has 0 aliphatic carbocycles. The molecule has 0 bridgehead atoms. The molecule has 0 saturated heterocycles. The van der Waals surface area contributed by atoms with Crippen LogP contribution in [0, 0.1) is 0 Å². The summed E-state index contributed by atoms with van der Waals surface area (Å²) >= 11 is 5.80. The lowest BCUT2D eigenvalue weighted by Gasteiger charge is -2.09. The van der Waals surface area contributed by atoms with E-state index in [1.165, 1.54) is 0 Å². The summed E-state index contributed by atoms with van der Waals surface area (Å²) in [4.78, 5) is 24.1. The van der Waals surface area contributed by atoms with E-state index in [0.29, 0.717) is 28.6 Å². The zero-order chi connectivity index (χ0) is 19.8. The number of nitrogens with one attached hydrogen (secondary N) is 1. The monoisotopic (exact) mass is 395 g/mol. The highest BCUT2D eigenvalue weighted by atomic mass is 35.5. The molecule has 3 aromatic carbocycles. The highest BCUT2D eigenvalue weighted by molar-refractivity contribution is 6.30. The molecule has 0 unspecified atom stereocenters. The molecule has 0 saturated carbocycles. The Morgan fingerprint density at radius 3 is 2.39 bits per heavy atom. The maximum atomic E-state index is 12.2. The Hall–Kier alpha value is -3.31. The van der Waals surface area contributed by atoms with Crippen molar-refractivity contribution in [3.05, 3.63) is 95.0 Å². The van der Waals surface area contributed by atoms with Crippen LogP contribution in [0.25, 0.3) is 0 Å². The summed E-state index contributed by atoms with van der Waals surface area (Å²) in [6, 6.07) is 23.0. The number of amides is 1. The van der Waals surface area contributed by atoms with Gasteiger partial charge < -0.3 is 14.8 Å². The van der Waals surface area contributed by atoms with Gasteiger partial charge in [0, 0.05) is 10.7 Å². The van der Waals surface area contributed by atoms with Gasteiger partial charge in [-0.05, 0) is 48.0 Å². The van der Waals surface area contributed by atoms with Gasteiger partial charge in [0.2, 0.25) is 0 Å². The van der Waals surface area contributed by atoms with E-state index >= 15 is 0 Å². The molecule has 142 valence electrons. The van der Waals surface area contributed by atoms with Gasteiger partial charge in [-0.3, -0.25) is 4.79 Å². The van der Waals surface area contributed by atoms with Gasteiger partial charge >= 0.3 is 5.97 Å². The SMILES string of the molecule is O=C(COC(=O)c1cccc(OCc2ccccc2)c1)Nc1ccc(Cl)cc1. The molecular formula is C22H18ClNO4. The van der Waals surface area contributed by atoms with Crippen molar-refractivity contribution in [2.45, 2.75) is 6.61 Å². The Bertz CT molecular complexity index is 942. The highest BCUT2D eigenvalue weighted by Gasteiger charge is 2.11. The third kappa shape index (κ3) is 5.86. The second-order valence-electron chi connectivity index (χ2n) is 5.93. The van der Waals surface area contributed by atoms with Crippen molar-refractivity contribution in [2.24, 2.45) is 0 Å². The van der Waals surface area contributed by atoms with Gasteiger partial charge in [-0.2, -0.15) is 0 Å². The molecule has 3 rings (SSSR count). The van der Waals surface area contributed by atoms with Crippen LogP contribution in [0.3, 0.4) is 0 Å². The van der Waals surface area contributed by atoms with Crippen molar-refractivity contribution in [1.82, 2.24) is 0 Å². The van der Waals surface area contributed by atoms with E-state index in [9.17, 15) is 9.59 Å². The molecule has 5 nitrogen and oxygen atoms in total. The predicted molar refractivity (Wildman–Crippen MR) is 108 cm³/mol. The van der Waals surface area contributed by atoms with Gasteiger partial charge in [0.1, 0.15) is 12.4 Å². The van der Waals surface area contributed by atoms with Crippen LogP contribution in [0.15, 0.2) is 78.9 Å². The quantitative estimate of drug-likeness (QED) is 0.588. The molecule has 1 N–H and O–H groups in total. The van der Waals surface area contributed by atoms with Crippen LogP contribution in [0.1, 0.15) is 15.9 Å². The summed E-state index contributed by atoms with van der Waals surface area (Å²) in [7, 11) is 0. The Morgan fingerprint density at radius 1 is 0.893 bits per heavy atom. The van der Waals surface area contributed by atoms with Gasteiger partial charge in [-0.1, -0.05) is 48.0 Å². The van der Waals surface area contributed by atoms with Crippen LogP contribution in [-0.2, 0) is 16.1 Å². The molecule has 6 heteroatoms. The van der Waals surface area contributed by atoms with Gasteiger partial charge in [0.05, 0.1) is 5.56 Å². The molecule has 0 aliphatic heterocycles. The van der Waals surface area contributed by atoms with Crippen molar-refractivity contribution in [3.8, 4) is 5.75 Å². The standard InChI is InChI=1S/C22H18ClNO4/c23-18-9-11-19(12-10-18)24-21(25)15-28-22(26)17-7-4-8-20(13-17)27-14-16-5-2-1-3-6-16/h1-13H,14-15H2,(H,24,25). The van der Waals surface area contributed by atoms with Gasteiger partial charge in [0.15, 0.2) is 6.61 Å². The highest BCUT2D eigenvalue weighted by Crippen LogP contribution is 2.16. The number of anilines is 1. The number of ether oxygens (including phenoxy) is 2. The lowest BCUT2D eigenvalue weighted by Crippen LogP contribution is -2.20. The minimum absolute atomic E-state index is 0.310. The second-order valence-corrected chi connectivity index (χ2v) is 6.37. The third-order valence-corrected chi connectivity index (χ3v) is 4.03. The van der Waals surface area contributed by atoms with Crippen LogP contribution in [-0.4, -0.2) is 18.5 Å². The first-order valence-electron chi connectivity index (χ1n) is 8.59. The number of rotatable bonds is 7. The number of carbonyl (C=O) groups is 2. The second kappa shape index (κ2) is 9.58. The normalized spacial score (nSPS) is 10.2. The first-order valence-corrected chi connectivity index (χ1v) is 8.97. The van der Waals surface area contributed by atoms with E-state index in [1.807, 2.05) is 30.3 Å². The predicted octanol–water partition coefficient (Wildman–Crippen LogP) is 4.71. The summed E-state index contributed by atoms with van der Waals surface area (Å²) in [5.41, 5.74) is 1.90. The number of hydrogen-bond donors (Lipinski definition) is 1. The molecular weight excluding hydrogens is 378 g/mol. The van der Waals surface area contributed by atoms with Crippen molar-refractivity contribution in [2.75, 3.05) is 11.9 Å². The van der Waals surface area contributed by atoms with Crippen LogP contribution >= 0.6 is 11.6 Å². The van der Waals surface area contributed by atoms with Crippen LogP contribution in [0.5, 0.6) is 5.75 Å². The minimum atomic E-state index is -0.601. The van der Waals surface area contributed by atoms with E-state index in [2.05, 4.69) is 5.32 Å². The molecule has 0 heterocycles. The summed E-state index contributed by atoms with van der Waals surface area (Å²) in [5.74, 6) is -0.493.